The number of nitrogens with zero attached hydrogens (tertiary/aromatic N) is 4. The van der Waals surface area contributed by atoms with E-state index in [-0.39, 0.29) is 41.1 Å². The summed E-state index contributed by atoms with van der Waals surface area (Å²) in [6, 6.07) is 33.2. The molecule has 5 nitrogen and oxygen atoms in total. The summed E-state index contributed by atoms with van der Waals surface area (Å²) in [6.07, 6.45) is -0.664. The molecule has 0 aliphatic carbocycles. The Labute approximate surface area is 397 Å². The van der Waals surface area contributed by atoms with Crippen LogP contribution in [0.15, 0.2) is 206 Å². The van der Waals surface area contributed by atoms with Crippen molar-refractivity contribution in [2.75, 3.05) is 16.5 Å². The van der Waals surface area contributed by atoms with Gasteiger partial charge in [0.15, 0.2) is 0 Å². The summed E-state index contributed by atoms with van der Waals surface area (Å²) in [5.41, 5.74) is 6.33. The topological polar surface area (TPSA) is 33.5 Å². The van der Waals surface area contributed by atoms with Gasteiger partial charge >= 0.3 is 0 Å². The van der Waals surface area contributed by atoms with E-state index >= 15 is 0 Å². The molecule has 310 valence electrons. The molecule has 10 aromatic rings. The third-order valence-corrected chi connectivity index (χ3v) is 11.5. The Morgan fingerprint density at radius 2 is 1.30 bits per heavy atom. The molecule has 64 heavy (non-hydrogen) atoms. The lowest BCUT2D eigenvalue weighted by Crippen LogP contribution is -2.25. The number of benzene rings is 8. The van der Waals surface area contributed by atoms with Gasteiger partial charge in [-0.2, -0.15) is 0 Å². The van der Waals surface area contributed by atoms with Crippen molar-refractivity contribution < 1.29 is 26.7 Å². The minimum absolute atomic E-state index is 0.0389. The standard InChI is InChI=1S/C59H48N4O/c1-40-32-33-60-57(34-40)63-53-31-28-43(41-16-7-5-8-17-41)36-52(53)51-30-29-48(38-56(51)63)64-47-23-14-22-46(37-47)61-39-62(55-27-12-11-26-54(55)61)58-49(42-18-9-6-10-19-42)24-15-25-50(58)44-20-13-21-45(35-44)59(2,3)4/h5-38H,39H2,1-4H3/i1D3,5D,6D,7D,8D,9D,10D,16D,17D,18D,19D,32D,33D,34D. The molecule has 0 spiro atoms. The molecule has 8 aromatic carbocycles. The van der Waals surface area contributed by atoms with Crippen LogP contribution in [0.1, 0.15) is 53.8 Å². The third kappa shape index (κ3) is 7.05. The number of para-hydroxylation sites is 3. The highest BCUT2D eigenvalue weighted by molar-refractivity contribution is 6.11. The van der Waals surface area contributed by atoms with Gasteiger partial charge in [-0.25, -0.2) is 4.98 Å². The summed E-state index contributed by atoms with van der Waals surface area (Å²) in [5.74, 6) is 0.454. The Morgan fingerprint density at radius 1 is 0.578 bits per heavy atom. The molecule has 3 heterocycles. The van der Waals surface area contributed by atoms with Gasteiger partial charge in [-0.1, -0.05) is 148 Å². The second-order valence-corrected chi connectivity index (χ2v) is 16.5. The molecule has 1 aliphatic heterocycles. The first-order chi connectivity index (χ1) is 37.9. The van der Waals surface area contributed by atoms with E-state index in [1.807, 2.05) is 66.7 Å². The van der Waals surface area contributed by atoms with Crippen molar-refractivity contribution in [3.63, 3.8) is 0 Å². The van der Waals surface area contributed by atoms with E-state index in [2.05, 4.69) is 47.7 Å². The van der Waals surface area contributed by atoms with Crippen LogP contribution >= 0.6 is 0 Å². The van der Waals surface area contributed by atoms with E-state index in [1.165, 1.54) is 4.57 Å². The maximum Gasteiger partial charge on any atom is 0.137 e. The van der Waals surface area contributed by atoms with Crippen LogP contribution in [0.25, 0.3) is 61.0 Å². The average molecular weight is 845 g/mol. The third-order valence-electron chi connectivity index (χ3n) is 11.5. The first-order valence-corrected chi connectivity index (χ1v) is 20.7. The second-order valence-electron chi connectivity index (χ2n) is 16.5. The minimum Gasteiger partial charge on any atom is -0.457 e. The molecule has 2 aromatic heterocycles. The number of hydrogen-bond donors (Lipinski definition) is 0. The van der Waals surface area contributed by atoms with Gasteiger partial charge in [0, 0.05) is 50.0 Å². The Hall–Kier alpha value is -7.89. The SMILES string of the molecule is [2H]c1nc(-n2c3ccc(-c4c([2H])c([2H])c([2H])c([2H])c4[2H])cc3c3ccc(Oc4cccc(N5CN(c6c(-c7cccc(C(C)(C)C)c7)cccc6-c6c([2H])c([2H])c([2H])c([2H])c6[2H])c6ccccc65)c4)cc32)c([2H])c(C([2H])([2H])[2H])c1[2H]. The average Bonchev–Trinajstić information content (AvgIpc) is 4.02. The van der Waals surface area contributed by atoms with Crippen LogP contribution in [0.5, 0.6) is 11.5 Å². The number of hydrogen-bond acceptors (Lipinski definition) is 4. The van der Waals surface area contributed by atoms with E-state index in [0.29, 0.717) is 55.8 Å². The number of pyridine rings is 1. The number of fused-ring (bicyclic) bond motifs is 4. The summed E-state index contributed by atoms with van der Waals surface area (Å²) >= 11 is 0. The Kier molecular flexibility index (Phi) is 6.23. The van der Waals surface area contributed by atoms with Gasteiger partial charge in [0.25, 0.3) is 0 Å². The monoisotopic (exact) mass is 844 g/mol. The lowest BCUT2D eigenvalue weighted by atomic mass is 9.85. The van der Waals surface area contributed by atoms with E-state index < -0.39 is 79.0 Å². The molecule has 0 radical (unpaired) electrons. The quantitative estimate of drug-likeness (QED) is 0.153. The molecular weight excluding hydrogens is 781 g/mol. The molecule has 0 unspecified atom stereocenters. The van der Waals surface area contributed by atoms with Crippen LogP contribution in [0.4, 0.5) is 22.7 Å². The Bertz CT molecular complexity index is 4190. The van der Waals surface area contributed by atoms with Gasteiger partial charge in [-0.3, -0.25) is 4.57 Å². The molecule has 1 aliphatic rings. The fourth-order valence-electron chi connectivity index (χ4n) is 8.54. The van der Waals surface area contributed by atoms with Crippen molar-refractivity contribution >= 4 is 44.6 Å². The maximum absolute atomic E-state index is 9.18. The first kappa shape index (κ1) is 25.3. The number of rotatable bonds is 8. The molecule has 0 saturated carbocycles. The van der Waals surface area contributed by atoms with Crippen molar-refractivity contribution in [1.29, 1.82) is 0 Å². The molecule has 0 amide bonds. The van der Waals surface area contributed by atoms with Crippen LogP contribution in [0.2, 0.25) is 0 Å². The molecule has 5 heteroatoms. The van der Waals surface area contributed by atoms with Crippen molar-refractivity contribution in [2.24, 2.45) is 0 Å². The van der Waals surface area contributed by atoms with Crippen LogP contribution in [0.3, 0.4) is 0 Å². The Morgan fingerprint density at radius 3 is 2.08 bits per heavy atom. The fraction of sp³-hybridized carbons (Fsp3) is 0.102. The van der Waals surface area contributed by atoms with Crippen molar-refractivity contribution in [3.8, 4) is 50.7 Å². The van der Waals surface area contributed by atoms with Crippen LogP contribution in [0, 0.1) is 6.85 Å². The maximum atomic E-state index is 9.18. The van der Waals surface area contributed by atoms with Crippen molar-refractivity contribution in [2.45, 2.75) is 33.0 Å². The minimum atomic E-state index is -2.95. The van der Waals surface area contributed by atoms with E-state index in [4.69, 9.17) is 25.3 Å². The van der Waals surface area contributed by atoms with Gasteiger partial charge < -0.3 is 14.5 Å². The molecule has 11 rings (SSSR count). The van der Waals surface area contributed by atoms with E-state index in [1.54, 1.807) is 48.5 Å². The zero-order valence-corrected chi connectivity index (χ0v) is 35.0. The summed E-state index contributed by atoms with van der Waals surface area (Å²) in [4.78, 5) is 8.49. The lowest BCUT2D eigenvalue weighted by Gasteiger charge is -2.28. The van der Waals surface area contributed by atoms with Crippen molar-refractivity contribution in [1.82, 2.24) is 9.55 Å². The summed E-state index contributed by atoms with van der Waals surface area (Å²) in [5, 5.41) is 1.00. The molecule has 0 N–H and O–H groups in total. The number of ether oxygens (including phenoxy) is 1. The van der Waals surface area contributed by atoms with Crippen LogP contribution in [-0.4, -0.2) is 16.2 Å². The lowest BCUT2D eigenvalue weighted by molar-refractivity contribution is 0.483. The molecule has 0 fully saturated rings. The normalized spacial score (nSPS) is 16.3. The summed E-state index contributed by atoms with van der Waals surface area (Å²) in [6.45, 7) is 3.67. The zero-order valence-electron chi connectivity index (χ0n) is 51.0. The van der Waals surface area contributed by atoms with Gasteiger partial charge in [0.2, 0.25) is 0 Å². The van der Waals surface area contributed by atoms with Crippen molar-refractivity contribution in [3.05, 3.63) is 217 Å². The number of aromatic nitrogens is 2. The Balaban J connectivity index is 1.04. The molecule has 0 atom stereocenters. The zero-order chi connectivity index (χ0) is 57.2. The van der Waals surface area contributed by atoms with Crippen LogP contribution in [-0.2, 0) is 5.41 Å². The van der Waals surface area contributed by atoms with E-state index in [0.717, 1.165) is 28.1 Å². The smallest absolute Gasteiger partial charge is 0.137 e. The highest BCUT2D eigenvalue weighted by Crippen LogP contribution is 2.50. The molecule has 0 bridgehead atoms. The highest BCUT2D eigenvalue weighted by Gasteiger charge is 2.31. The molecule has 0 saturated heterocycles. The van der Waals surface area contributed by atoms with Gasteiger partial charge in [-0.05, 0) is 106 Å². The van der Waals surface area contributed by atoms with Crippen LogP contribution < -0.4 is 14.5 Å². The summed E-state index contributed by atoms with van der Waals surface area (Å²) in [7, 11) is 0. The molecular formula is C59H48N4O. The first-order valence-electron chi connectivity index (χ1n) is 28.7. The fourth-order valence-corrected chi connectivity index (χ4v) is 8.54. The summed E-state index contributed by atoms with van der Waals surface area (Å²) < 4.78 is 145. The van der Waals surface area contributed by atoms with Gasteiger partial charge in [-0.15, -0.1) is 0 Å². The highest BCUT2D eigenvalue weighted by atomic mass is 16.5. The number of anilines is 4. The largest absolute Gasteiger partial charge is 0.457 e. The predicted octanol–water partition coefficient (Wildman–Crippen LogP) is 15.8. The van der Waals surface area contributed by atoms with Gasteiger partial charge in [0.1, 0.15) is 24.0 Å². The predicted molar refractivity (Wildman–Crippen MR) is 267 cm³/mol. The van der Waals surface area contributed by atoms with Gasteiger partial charge in [0.05, 0.1) is 45.9 Å². The second kappa shape index (κ2) is 15.8. The van der Waals surface area contributed by atoms with E-state index in [9.17, 15) is 1.37 Å².